The van der Waals surface area contributed by atoms with E-state index in [1.54, 1.807) is 0 Å². The summed E-state index contributed by atoms with van der Waals surface area (Å²) in [5, 5.41) is 4.79. The molecule has 4 nitrogen and oxygen atoms in total. The smallest absolute Gasteiger partial charge is 0.256 e. The Morgan fingerprint density at radius 3 is 2.67 bits per heavy atom. The number of carbonyl (C=O) groups excluding carboxylic acids is 1. The third-order valence-electron chi connectivity index (χ3n) is 7.33. The number of hydrogen-bond acceptors (Lipinski definition) is 2. The summed E-state index contributed by atoms with van der Waals surface area (Å²) in [6.45, 7) is 2.85. The van der Waals surface area contributed by atoms with Crippen molar-refractivity contribution >= 4 is 29.2 Å². The zero-order chi connectivity index (χ0) is 19.4. The lowest BCUT2D eigenvalue weighted by molar-refractivity contribution is 0.0716. The van der Waals surface area contributed by atoms with Gasteiger partial charge < -0.3 is 15.2 Å². The Balaban J connectivity index is 0.00000193. The summed E-state index contributed by atoms with van der Waals surface area (Å²) in [5.74, 6) is 1.22. The minimum absolute atomic E-state index is 0. The van der Waals surface area contributed by atoms with Crippen molar-refractivity contribution in [2.24, 2.45) is 11.8 Å². The Hall–Kier alpha value is -2.30. The summed E-state index contributed by atoms with van der Waals surface area (Å²) < 4.78 is 0. The van der Waals surface area contributed by atoms with Gasteiger partial charge >= 0.3 is 0 Å². The molecule has 156 valence electrons. The Morgan fingerprint density at radius 2 is 1.80 bits per heavy atom. The summed E-state index contributed by atoms with van der Waals surface area (Å²) in [4.78, 5) is 19.7. The van der Waals surface area contributed by atoms with Crippen molar-refractivity contribution in [2.45, 2.75) is 31.7 Å². The van der Waals surface area contributed by atoms with Gasteiger partial charge in [-0.3, -0.25) is 4.79 Å². The van der Waals surface area contributed by atoms with Gasteiger partial charge in [0.25, 0.3) is 5.91 Å². The number of likely N-dealkylation sites (tertiary alicyclic amines) is 1. The van der Waals surface area contributed by atoms with Crippen LogP contribution in [-0.2, 0) is 12.8 Å². The van der Waals surface area contributed by atoms with Crippen LogP contribution in [0.2, 0.25) is 0 Å². The second-order valence-corrected chi connectivity index (χ2v) is 8.91. The molecule has 3 heterocycles. The van der Waals surface area contributed by atoms with Crippen molar-refractivity contribution in [3.63, 3.8) is 0 Å². The van der Waals surface area contributed by atoms with Gasteiger partial charge in [-0.1, -0.05) is 42.5 Å². The van der Waals surface area contributed by atoms with Crippen LogP contribution in [0.3, 0.4) is 0 Å². The van der Waals surface area contributed by atoms with Gasteiger partial charge in [0.15, 0.2) is 0 Å². The number of fused-ring (bicyclic) bond motifs is 4. The fourth-order valence-electron chi connectivity index (χ4n) is 5.97. The van der Waals surface area contributed by atoms with Crippen molar-refractivity contribution in [1.82, 2.24) is 15.2 Å². The number of H-pyrrole nitrogens is 1. The third kappa shape index (κ3) is 2.97. The number of aryl methyl sites for hydroxylation is 2. The Bertz CT molecular complexity index is 1080. The van der Waals surface area contributed by atoms with E-state index in [-0.39, 0.29) is 24.4 Å². The molecule has 0 unspecified atom stereocenters. The summed E-state index contributed by atoms with van der Waals surface area (Å²) in [7, 11) is 0. The lowest BCUT2D eigenvalue weighted by Gasteiger charge is -2.28. The molecule has 1 aliphatic carbocycles. The fourth-order valence-corrected chi connectivity index (χ4v) is 5.97. The van der Waals surface area contributed by atoms with E-state index in [0.717, 1.165) is 43.6 Å². The highest BCUT2D eigenvalue weighted by molar-refractivity contribution is 6.07. The van der Waals surface area contributed by atoms with Gasteiger partial charge in [0.1, 0.15) is 0 Å². The van der Waals surface area contributed by atoms with Crippen LogP contribution in [-0.4, -0.2) is 35.4 Å². The van der Waals surface area contributed by atoms with Crippen molar-refractivity contribution in [2.75, 3.05) is 19.6 Å². The number of carbonyl (C=O) groups is 1. The average Bonchev–Trinajstić information content (AvgIpc) is 3.46. The highest BCUT2D eigenvalue weighted by Gasteiger charge is 2.47. The Labute approximate surface area is 183 Å². The van der Waals surface area contributed by atoms with E-state index in [1.165, 1.54) is 35.0 Å². The fraction of sp³-hybridized carbons (Fsp3) is 0.400. The number of para-hydroxylation sites is 1. The molecule has 2 N–H and O–H groups in total. The number of aromatic amines is 1. The normalized spacial score (nSPS) is 25.1. The van der Waals surface area contributed by atoms with E-state index >= 15 is 0 Å². The molecular formula is C25H28ClN3O. The average molecular weight is 422 g/mol. The van der Waals surface area contributed by atoms with Gasteiger partial charge in [-0.2, -0.15) is 0 Å². The van der Waals surface area contributed by atoms with Crippen molar-refractivity contribution in [3.05, 3.63) is 70.9 Å². The van der Waals surface area contributed by atoms with Crippen LogP contribution in [0.25, 0.3) is 10.9 Å². The van der Waals surface area contributed by atoms with E-state index in [1.807, 2.05) is 6.07 Å². The Kier molecular flexibility index (Phi) is 5.08. The van der Waals surface area contributed by atoms with Crippen LogP contribution in [0.5, 0.6) is 0 Å². The van der Waals surface area contributed by atoms with Crippen LogP contribution in [0.15, 0.2) is 48.5 Å². The zero-order valence-corrected chi connectivity index (χ0v) is 17.9. The van der Waals surface area contributed by atoms with E-state index < -0.39 is 0 Å². The van der Waals surface area contributed by atoms with Crippen LogP contribution in [0.4, 0.5) is 0 Å². The van der Waals surface area contributed by atoms with Crippen LogP contribution in [0, 0.1) is 11.8 Å². The minimum Gasteiger partial charge on any atom is -0.358 e. The lowest BCUT2D eigenvalue weighted by atomic mass is 9.89. The number of benzene rings is 2. The second kappa shape index (κ2) is 7.75. The summed E-state index contributed by atoms with van der Waals surface area (Å²) in [5.41, 5.74) is 5.92. The van der Waals surface area contributed by atoms with E-state index in [0.29, 0.717) is 11.8 Å². The molecule has 3 aliphatic rings. The van der Waals surface area contributed by atoms with Gasteiger partial charge in [-0.25, -0.2) is 0 Å². The number of nitrogens with one attached hydrogen (secondary N) is 2. The van der Waals surface area contributed by atoms with Crippen molar-refractivity contribution in [3.8, 4) is 0 Å². The van der Waals surface area contributed by atoms with E-state index in [9.17, 15) is 4.79 Å². The molecule has 3 aromatic rings. The molecule has 3 atom stereocenters. The molecule has 6 rings (SSSR count). The monoisotopic (exact) mass is 421 g/mol. The first-order valence-electron chi connectivity index (χ1n) is 11.0. The molecule has 2 fully saturated rings. The molecule has 0 bridgehead atoms. The standard InChI is InChI=1S/C25H27N3O.ClH/c29-25(20-11-6-10-19-18-9-4-5-12-22(18)27-23(19)20)28-15-17-13-26-14-21(17)24(28)16-7-2-1-3-8-16;/h1-3,6-8,10-11,17,21,24,26-27H,4-5,9,12-15H2;1H/t17-,21-,24+;/m0./s1. The van der Waals surface area contributed by atoms with E-state index in [4.69, 9.17) is 0 Å². The number of nitrogens with zero attached hydrogens (tertiary/aromatic N) is 1. The SMILES string of the molecule is Cl.O=C(c1cccc2c3c([nH]c12)CCCC3)N1C[C@@H]2CNC[C@@H]2[C@H]1c1ccccc1. The van der Waals surface area contributed by atoms with Crippen LogP contribution >= 0.6 is 12.4 Å². The topological polar surface area (TPSA) is 48.1 Å². The molecule has 1 aromatic heterocycles. The number of halogens is 1. The molecule has 2 aliphatic heterocycles. The number of hydrogen-bond donors (Lipinski definition) is 2. The van der Waals surface area contributed by atoms with Crippen molar-refractivity contribution in [1.29, 1.82) is 0 Å². The van der Waals surface area contributed by atoms with Crippen LogP contribution < -0.4 is 5.32 Å². The molecule has 2 saturated heterocycles. The molecule has 30 heavy (non-hydrogen) atoms. The quantitative estimate of drug-likeness (QED) is 0.640. The van der Waals surface area contributed by atoms with Crippen LogP contribution in [0.1, 0.15) is 46.1 Å². The first-order chi connectivity index (χ1) is 14.3. The zero-order valence-electron chi connectivity index (χ0n) is 17.1. The molecule has 0 spiro atoms. The molecule has 5 heteroatoms. The minimum atomic E-state index is 0. The van der Waals surface area contributed by atoms with Gasteiger partial charge in [-0.15, -0.1) is 12.4 Å². The number of rotatable bonds is 2. The summed E-state index contributed by atoms with van der Waals surface area (Å²) >= 11 is 0. The number of amides is 1. The van der Waals surface area contributed by atoms with Gasteiger partial charge in [0, 0.05) is 36.6 Å². The third-order valence-corrected chi connectivity index (χ3v) is 7.33. The predicted octanol–water partition coefficient (Wildman–Crippen LogP) is 4.50. The van der Waals surface area contributed by atoms with E-state index in [2.05, 4.69) is 57.7 Å². The molecule has 1 amide bonds. The summed E-state index contributed by atoms with van der Waals surface area (Å²) in [6.07, 6.45) is 4.71. The van der Waals surface area contributed by atoms with Gasteiger partial charge in [-0.05, 0) is 48.8 Å². The highest BCUT2D eigenvalue weighted by Crippen LogP contribution is 2.43. The largest absolute Gasteiger partial charge is 0.358 e. The first kappa shape index (κ1) is 19.7. The second-order valence-electron chi connectivity index (χ2n) is 8.91. The molecule has 2 aromatic carbocycles. The maximum Gasteiger partial charge on any atom is 0.256 e. The lowest BCUT2D eigenvalue weighted by Crippen LogP contribution is -2.34. The number of aromatic nitrogens is 1. The Morgan fingerprint density at radius 1 is 0.967 bits per heavy atom. The molecular weight excluding hydrogens is 394 g/mol. The maximum atomic E-state index is 13.9. The molecule has 0 saturated carbocycles. The summed E-state index contributed by atoms with van der Waals surface area (Å²) in [6, 6.07) is 17.0. The first-order valence-corrected chi connectivity index (χ1v) is 11.0. The molecule has 0 radical (unpaired) electrons. The van der Waals surface area contributed by atoms with Crippen molar-refractivity contribution < 1.29 is 4.79 Å². The highest BCUT2D eigenvalue weighted by atomic mass is 35.5. The van der Waals surface area contributed by atoms with Gasteiger partial charge in [0.2, 0.25) is 0 Å². The predicted molar refractivity (Wildman–Crippen MR) is 122 cm³/mol. The van der Waals surface area contributed by atoms with Gasteiger partial charge in [0.05, 0.1) is 17.1 Å². The maximum absolute atomic E-state index is 13.9.